The minimum absolute atomic E-state index is 0.0146. The number of hydrogen-bond acceptors (Lipinski definition) is 4. The number of carbonyl (C=O) groups is 1. The van der Waals surface area contributed by atoms with E-state index in [9.17, 15) is 13.2 Å². The highest BCUT2D eigenvalue weighted by atomic mass is 32.2. The Bertz CT molecular complexity index is 1590. The van der Waals surface area contributed by atoms with Crippen molar-refractivity contribution in [2.24, 2.45) is 16.8 Å². The van der Waals surface area contributed by atoms with Gasteiger partial charge in [0.25, 0.3) is 0 Å². The molecular weight excluding hydrogens is 484 g/mol. The zero-order valence-corrected chi connectivity index (χ0v) is 20.8. The van der Waals surface area contributed by atoms with Gasteiger partial charge < -0.3 is 5.73 Å². The van der Waals surface area contributed by atoms with Gasteiger partial charge in [-0.3, -0.25) is 15.1 Å². The van der Waals surface area contributed by atoms with E-state index in [2.05, 4.69) is 0 Å². The first-order chi connectivity index (χ1) is 17.7. The van der Waals surface area contributed by atoms with Crippen molar-refractivity contribution >= 4 is 27.3 Å². The van der Waals surface area contributed by atoms with Crippen LogP contribution in [-0.4, -0.2) is 25.1 Å². The Hall–Kier alpha value is -4.27. The summed E-state index contributed by atoms with van der Waals surface area (Å²) >= 11 is 0. The van der Waals surface area contributed by atoms with Crippen LogP contribution in [0.1, 0.15) is 22.3 Å². The van der Waals surface area contributed by atoms with Crippen LogP contribution in [0.5, 0.6) is 0 Å². The maximum Gasteiger partial charge on any atom is 0.242 e. The Balaban J connectivity index is 1.54. The largest absolute Gasteiger partial charge is 0.384 e. The summed E-state index contributed by atoms with van der Waals surface area (Å²) in [5.74, 6) is -0.761. The maximum absolute atomic E-state index is 14.1. The van der Waals surface area contributed by atoms with E-state index in [1.165, 1.54) is 4.90 Å². The molecule has 2 heterocycles. The lowest BCUT2D eigenvalue weighted by Crippen LogP contribution is -2.47. The monoisotopic (exact) mass is 510 g/mol. The molecule has 0 saturated carbocycles. The molecule has 7 nitrogen and oxygen atoms in total. The summed E-state index contributed by atoms with van der Waals surface area (Å²) in [6, 6.07) is 26.3. The van der Waals surface area contributed by atoms with E-state index in [0.717, 1.165) is 16.7 Å². The Morgan fingerprint density at radius 1 is 0.865 bits per heavy atom. The van der Waals surface area contributed by atoms with Gasteiger partial charge in [-0.2, -0.15) is 0 Å². The highest BCUT2D eigenvalue weighted by molar-refractivity contribution is 7.93. The number of fused-ring (bicyclic) bond motifs is 2. The highest BCUT2D eigenvalue weighted by Crippen LogP contribution is 2.48. The number of sulfonamides is 1. The lowest BCUT2D eigenvalue weighted by molar-refractivity contribution is -0.132. The quantitative estimate of drug-likeness (QED) is 0.315. The molecule has 0 fully saturated rings. The van der Waals surface area contributed by atoms with Crippen LogP contribution in [0.2, 0.25) is 0 Å². The summed E-state index contributed by atoms with van der Waals surface area (Å²) in [5, 5.41) is 13.3. The first-order valence-corrected chi connectivity index (χ1v) is 13.3. The van der Waals surface area contributed by atoms with Gasteiger partial charge in [0.2, 0.25) is 15.9 Å². The van der Waals surface area contributed by atoms with E-state index in [-0.39, 0.29) is 22.3 Å². The average molecular weight is 511 g/mol. The minimum Gasteiger partial charge on any atom is -0.384 e. The third-order valence-electron chi connectivity index (χ3n) is 6.56. The molecule has 8 heteroatoms. The molecular formula is C29H26N4O3S. The number of primary sulfonamides is 1. The fourth-order valence-corrected chi connectivity index (χ4v) is 5.79. The number of amides is 1. The molecule has 0 radical (unpaired) electrons. The predicted molar refractivity (Wildman–Crippen MR) is 144 cm³/mol. The summed E-state index contributed by atoms with van der Waals surface area (Å²) in [7, 11) is -4.05. The molecule has 5 rings (SSSR count). The number of carbonyl (C=O) groups excluding carboxylic acids is 1. The third kappa shape index (κ3) is 4.76. The molecule has 0 aliphatic carbocycles. The number of hydrogen-bond donors (Lipinski definition) is 3. The molecule has 1 atom stereocenters. The van der Waals surface area contributed by atoms with Gasteiger partial charge in [-0.05, 0) is 41.7 Å². The van der Waals surface area contributed by atoms with Crippen molar-refractivity contribution in [3.05, 3.63) is 136 Å². The van der Waals surface area contributed by atoms with Gasteiger partial charge in [-0.15, -0.1) is 0 Å². The van der Waals surface area contributed by atoms with Crippen LogP contribution in [0.3, 0.4) is 0 Å². The first kappa shape index (κ1) is 24.4. The van der Waals surface area contributed by atoms with Crippen LogP contribution in [0.25, 0.3) is 5.57 Å². The number of nitrogens with one attached hydrogen (secondary N) is 1. The van der Waals surface area contributed by atoms with Gasteiger partial charge >= 0.3 is 0 Å². The first-order valence-electron chi connectivity index (χ1n) is 11.8. The van der Waals surface area contributed by atoms with E-state index in [4.69, 9.17) is 16.3 Å². The molecule has 37 heavy (non-hydrogen) atoms. The van der Waals surface area contributed by atoms with Gasteiger partial charge in [0.15, 0.2) is 0 Å². The number of nitrogens with zero attached hydrogens (tertiary/aromatic N) is 1. The summed E-state index contributed by atoms with van der Waals surface area (Å²) in [4.78, 5) is 15.6. The van der Waals surface area contributed by atoms with Crippen molar-refractivity contribution in [2.45, 2.75) is 12.8 Å². The van der Waals surface area contributed by atoms with Crippen molar-refractivity contribution in [1.82, 2.24) is 4.90 Å². The van der Waals surface area contributed by atoms with E-state index in [1.807, 2.05) is 84.9 Å². The number of amidine groups is 1. The zero-order chi connectivity index (χ0) is 26.2. The molecule has 3 aromatic rings. The van der Waals surface area contributed by atoms with E-state index in [1.54, 1.807) is 12.1 Å². The summed E-state index contributed by atoms with van der Waals surface area (Å²) in [5.41, 5.74) is 10.1. The van der Waals surface area contributed by atoms with Crippen LogP contribution >= 0.6 is 0 Å². The normalized spacial score (nSPS) is 15.4. The number of benzene rings is 3. The van der Waals surface area contributed by atoms with Crippen molar-refractivity contribution in [1.29, 1.82) is 5.41 Å². The third-order valence-corrected chi connectivity index (χ3v) is 7.53. The molecule has 2 aliphatic rings. The smallest absolute Gasteiger partial charge is 0.242 e. The van der Waals surface area contributed by atoms with Crippen molar-refractivity contribution < 1.29 is 13.2 Å². The van der Waals surface area contributed by atoms with Crippen LogP contribution in [-0.2, 0) is 27.7 Å². The van der Waals surface area contributed by atoms with Gasteiger partial charge in [-0.1, -0.05) is 84.9 Å². The van der Waals surface area contributed by atoms with Crippen molar-refractivity contribution in [3.8, 4) is 0 Å². The minimum atomic E-state index is -4.05. The molecule has 2 aliphatic heterocycles. The molecule has 0 spiro atoms. The van der Waals surface area contributed by atoms with Gasteiger partial charge in [0, 0.05) is 17.1 Å². The van der Waals surface area contributed by atoms with E-state index in [0.29, 0.717) is 29.7 Å². The van der Waals surface area contributed by atoms with Crippen LogP contribution in [0, 0.1) is 11.3 Å². The Morgan fingerprint density at radius 3 is 2.14 bits per heavy atom. The summed E-state index contributed by atoms with van der Waals surface area (Å²) < 4.78 is 25.0. The fraction of sp³-hybridized carbons (Fsp3) is 0.103. The molecule has 1 unspecified atom stereocenters. The average Bonchev–Trinajstić information content (AvgIpc) is 2.88. The number of nitrogen functional groups attached to an aromatic ring is 1. The molecule has 1 amide bonds. The highest BCUT2D eigenvalue weighted by Gasteiger charge is 2.47. The van der Waals surface area contributed by atoms with Crippen molar-refractivity contribution in [3.63, 3.8) is 0 Å². The Labute approximate surface area is 216 Å². The number of rotatable bonds is 8. The topological polar surface area (TPSA) is 130 Å². The Morgan fingerprint density at radius 2 is 1.49 bits per heavy atom. The second-order valence-electron chi connectivity index (χ2n) is 9.10. The summed E-state index contributed by atoms with van der Waals surface area (Å²) in [6.45, 7) is 0. The van der Waals surface area contributed by atoms with Crippen LogP contribution in [0.15, 0.2) is 113 Å². The molecule has 3 aromatic carbocycles. The van der Waals surface area contributed by atoms with Gasteiger partial charge in [0.05, 0.1) is 11.4 Å². The molecule has 186 valence electrons. The standard InChI is InChI=1S/C29H26N4O3S/c30-28(31)22-13-7-10-20(17-22)18-23(16-19-8-3-1-4-9-19)29(34)33-25-15-14-24(21-11-5-2-6-12-21)26(33)27(25)37(32,35)36/h1-15,17,23H,16,18H2,(H3,30,31)(H2,32,35,36). The molecule has 0 saturated heterocycles. The zero-order valence-electron chi connectivity index (χ0n) is 20.0. The molecule has 0 aromatic heterocycles. The van der Waals surface area contributed by atoms with Gasteiger partial charge in [0.1, 0.15) is 10.7 Å². The molecule has 2 bridgehead atoms. The van der Waals surface area contributed by atoms with Gasteiger partial charge in [-0.25, -0.2) is 13.6 Å². The second-order valence-corrected chi connectivity index (χ2v) is 10.6. The SMILES string of the molecule is N=C(N)c1cccc(CC(Cc2ccccc2)C(=O)N2c3ccc(-c4ccccc4)c2c3S(N)(=O)=O)c1. The fourth-order valence-electron chi connectivity index (χ4n) is 4.86. The number of nitrogens with two attached hydrogens (primary N) is 2. The molecule has 5 N–H and O–H groups in total. The van der Waals surface area contributed by atoms with Crippen molar-refractivity contribution in [2.75, 3.05) is 0 Å². The maximum atomic E-state index is 14.1. The van der Waals surface area contributed by atoms with E-state index < -0.39 is 15.9 Å². The van der Waals surface area contributed by atoms with Crippen LogP contribution in [0.4, 0.5) is 0 Å². The Kier molecular flexibility index (Phi) is 6.37. The second kappa shape index (κ2) is 9.65. The van der Waals surface area contributed by atoms with E-state index >= 15 is 0 Å². The lowest BCUT2D eigenvalue weighted by Gasteiger charge is -2.43. The van der Waals surface area contributed by atoms with Crippen LogP contribution < -0.4 is 10.9 Å². The lowest BCUT2D eigenvalue weighted by atomic mass is 9.86. The number of allylic oxidation sites excluding steroid dienone is 3. The predicted octanol–water partition coefficient (Wildman–Crippen LogP) is 3.70. The summed E-state index contributed by atoms with van der Waals surface area (Å²) in [6.07, 6.45) is 4.31.